The molecule has 0 spiro atoms. The lowest BCUT2D eigenvalue weighted by Crippen LogP contribution is -2.45. The molecule has 1 aliphatic heterocycles. The molecule has 1 saturated heterocycles. The summed E-state index contributed by atoms with van der Waals surface area (Å²) >= 11 is 1.55. The topological polar surface area (TPSA) is 60.9 Å². The first-order valence-electron chi connectivity index (χ1n) is 11.6. The van der Waals surface area contributed by atoms with Crippen molar-refractivity contribution in [2.75, 3.05) is 38.5 Å². The highest BCUT2D eigenvalue weighted by Gasteiger charge is 2.27. The number of carbonyl (C=O) groups excluding carboxylic acids is 1. The van der Waals surface area contributed by atoms with E-state index in [0.29, 0.717) is 32.6 Å². The first-order valence-corrected chi connectivity index (χ1v) is 14.1. The standard InChI is InChI=1S/C24H34FN3O3S2/c1-2-3-17-33(30,31)28(15-14-26-12-4-5-13-26)20-24(29)27(19-23-7-6-16-32-23)18-21-8-10-22(25)11-9-21/h6-11,16H,2-5,12-15,17-20H2,1H3. The van der Waals surface area contributed by atoms with Crippen molar-refractivity contribution in [3.63, 3.8) is 0 Å². The molecular formula is C24H34FN3O3S2. The molecule has 1 aromatic heterocycles. The molecule has 1 aromatic carbocycles. The minimum Gasteiger partial charge on any atom is -0.332 e. The summed E-state index contributed by atoms with van der Waals surface area (Å²) in [6, 6.07) is 9.96. The van der Waals surface area contributed by atoms with Gasteiger partial charge >= 0.3 is 0 Å². The van der Waals surface area contributed by atoms with Gasteiger partial charge in [-0.15, -0.1) is 11.3 Å². The van der Waals surface area contributed by atoms with Crippen LogP contribution in [-0.4, -0.2) is 66.9 Å². The SMILES string of the molecule is CCCCS(=O)(=O)N(CCN1CCCC1)CC(=O)N(Cc1ccc(F)cc1)Cc1cccs1. The quantitative estimate of drug-likeness (QED) is 0.422. The van der Waals surface area contributed by atoms with Crippen LogP contribution in [0.2, 0.25) is 0 Å². The van der Waals surface area contributed by atoms with Crippen LogP contribution in [0.5, 0.6) is 0 Å². The van der Waals surface area contributed by atoms with E-state index in [1.807, 2.05) is 24.4 Å². The van der Waals surface area contributed by atoms with Gasteiger partial charge in [0.15, 0.2) is 0 Å². The van der Waals surface area contributed by atoms with Gasteiger partial charge in [0.25, 0.3) is 0 Å². The van der Waals surface area contributed by atoms with E-state index >= 15 is 0 Å². The summed E-state index contributed by atoms with van der Waals surface area (Å²) in [5, 5.41) is 1.95. The van der Waals surface area contributed by atoms with E-state index in [1.165, 1.54) is 16.4 Å². The molecule has 0 saturated carbocycles. The van der Waals surface area contributed by atoms with Gasteiger partial charge in [-0.05, 0) is 61.5 Å². The second kappa shape index (κ2) is 12.6. The van der Waals surface area contributed by atoms with E-state index in [1.54, 1.807) is 28.4 Å². The molecule has 2 heterocycles. The third-order valence-corrected chi connectivity index (χ3v) is 8.66. The fourth-order valence-corrected chi connectivity index (χ4v) is 6.21. The highest BCUT2D eigenvalue weighted by molar-refractivity contribution is 7.89. The van der Waals surface area contributed by atoms with Crippen molar-refractivity contribution in [2.24, 2.45) is 0 Å². The van der Waals surface area contributed by atoms with Gasteiger partial charge in [-0.25, -0.2) is 12.8 Å². The number of thiophene rings is 1. The summed E-state index contributed by atoms with van der Waals surface area (Å²) in [5.41, 5.74) is 0.804. The Kier molecular flexibility index (Phi) is 9.85. The smallest absolute Gasteiger partial charge is 0.238 e. The van der Waals surface area contributed by atoms with E-state index in [4.69, 9.17) is 0 Å². The van der Waals surface area contributed by atoms with Crippen molar-refractivity contribution < 1.29 is 17.6 Å². The van der Waals surface area contributed by atoms with E-state index < -0.39 is 10.0 Å². The summed E-state index contributed by atoms with van der Waals surface area (Å²) in [6.07, 6.45) is 3.62. The van der Waals surface area contributed by atoms with E-state index in [9.17, 15) is 17.6 Å². The number of hydrogen-bond acceptors (Lipinski definition) is 5. The summed E-state index contributed by atoms with van der Waals surface area (Å²) in [5.74, 6) is -0.515. The van der Waals surface area contributed by atoms with Crippen molar-refractivity contribution in [2.45, 2.75) is 45.7 Å². The Morgan fingerprint density at radius 3 is 2.48 bits per heavy atom. The summed E-state index contributed by atoms with van der Waals surface area (Å²) in [6.45, 7) is 5.39. The number of unbranched alkanes of at least 4 members (excludes halogenated alkanes) is 1. The number of benzene rings is 1. The van der Waals surface area contributed by atoms with Crippen LogP contribution in [0.3, 0.4) is 0 Å². The lowest BCUT2D eigenvalue weighted by molar-refractivity contribution is -0.132. The fraction of sp³-hybridized carbons (Fsp3) is 0.542. The van der Waals surface area contributed by atoms with Crippen LogP contribution in [0.25, 0.3) is 0 Å². The van der Waals surface area contributed by atoms with Crippen molar-refractivity contribution in [1.29, 1.82) is 0 Å². The Balaban J connectivity index is 1.75. The average molecular weight is 496 g/mol. The predicted octanol–water partition coefficient (Wildman–Crippen LogP) is 3.94. The Bertz CT molecular complexity index is 959. The van der Waals surface area contributed by atoms with Gasteiger partial charge in [-0.2, -0.15) is 4.31 Å². The summed E-state index contributed by atoms with van der Waals surface area (Å²) < 4.78 is 40.8. The van der Waals surface area contributed by atoms with Crippen LogP contribution in [0.15, 0.2) is 41.8 Å². The number of hydrogen-bond donors (Lipinski definition) is 0. The van der Waals surface area contributed by atoms with Crippen LogP contribution in [0.4, 0.5) is 4.39 Å². The zero-order valence-corrected chi connectivity index (χ0v) is 20.9. The molecule has 2 aromatic rings. The van der Waals surface area contributed by atoms with Crippen molar-refractivity contribution >= 4 is 27.3 Å². The lowest BCUT2D eigenvalue weighted by atomic mass is 10.2. The minimum absolute atomic E-state index is 0.0552. The van der Waals surface area contributed by atoms with Gasteiger partial charge in [0.05, 0.1) is 18.8 Å². The molecule has 6 nitrogen and oxygen atoms in total. The first kappa shape index (κ1) is 25.8. The maximum absolute atomic E-state index is 13.4. The number of rotatable bonds is 13. The molecule has 0 atom stereocenters. The molecule has 33 heavy (non-hydrogen) atoms. The molecule has 0 aliphatic carbocycles. The maximum atomic E-state index is 13.4. The highest BCUT2D eigenvalue weighted by atomic mass is 32.2. The molecule has 0 bridgehead atoms. The number of sulfonamides is 1. The number of nitrogens with zero attached hydrogens (tertiary/aromatic N) is 3. The van der Waals surface area contributed by atoms with Crippen LogP contribution in [-0.2, 0) is 27.9 Å². The van der Waals surface area contributed by atoms with Gasteiger partial charge in [0, 0.05) is 24.5 Å². The van der Waals surface area contributed by atoms with Crippen molar-refractivity contribution in [3.8, 4) is 0 Å². The van der Waals surface area contributed by atoms with E-state index in [-0.39, 0.29) is 24.0 Å². The second-order valence-electron chi connectivity index (χ2n) is 8.51. The molecule has 182 valence electrons. The summed E-state index contributed by atoms with van der Waals surface area (Å²) in [4.78, 5) is 18.3. The molecule has 9 heteroatoms. The highest BCUT2D eigenvalue weighted by Crippen LogP contribution is 2.17. The Morgan fingerprint density at radius 1 is 1.12 bits per heavy atom. The lowest BCUT2D eigenvalue weighted by Gasteiger charge is -2.28. The molecular weight excluding hydrogens is 461 g/mol. The monoisotopic (exact) mass is 495 g/mol. The third-order valence-electron chi connectivity index (χ3n) is 5.89. The third kappa shape index (κ3) is 8.17. The molecule has 1 amide bonds. The zero-order valence-electron chi connectivity index (χ0n) is 19.3. The Labute approximate surface area is 201 Å². The molecule has 0 N–H and O–H groups in total. The van der Waals surface area contributed by atoms with Gasteiger partial charge in [-0.1, -0.05) is 31.5 Å². The Morgan fingerprint density at radius 2 is 1.85 bits per heavy atom. The second-order valence-corrected chi connectivity index (χ2v) is 11.6. The normalized spacial score (nSPS) is 14.8. The zero-order chi connectivity index (χ0) is 23.7. The van der Waals surface area contributed by atoms with Crippen LogP contribution in [0.1, 0.15) is 43.0 Å². The molecule has 0 radical (unpaired) electrons. The number of carbonyl (C=O) groups is 1. The average Bonchev–Trinajstić information content (AvgIpc) is 3.50. The largest absolute Gasteiger partial charge is 0.332 e. The minimum atomic E-state index is -3.53. The predicted molar refractivity (Wildman–Crippen MR) is 131 cm³/mol. The maximum Gasteiger partial charge on any atom is 0.238 e. The molecule has 0 unspecified atom stereocenters. The van der Waals surface area contributed by atoms with Gasteiger partial charge in [-0.3, -0.25) is 4.79 Å². The first-order chi connectivity index (χ1) is 15.9. The number of likely N-dealkylation sites (tertiary alicyclic amines) is 1. The molecule has 3 rings (SSSR count). The number of amides is 1. The molecule has 1 aliphatic rings. The Hall–Kier alpha value is -1.81. The van der Waals surface area contributed by atoms with Gasteiger partial charge < -0.3 is 9.80 Å². The van der Waals surface area contributed by atoms with Crippen LogP contribution >= 0.6 is 11.3 Å². The van der Waals surface area contributed by atoms with Crippen LogP contribution < -0.4 is 0 Å². The van der Waals surface area contributed by atoms with Crippen molar-refractivity contribution in [3.05, 3.63) is 58.0 Å². The van der Waals surface area contributed by atoms with Gasteiger partial charge in [0.1, 0.15) is 5.82 Å². The van der Waals surface area contributed by atoms with E-state index in [2.05, 4.69) is 4.90 Å². The summed E-state index contributed by atoms with van der Waals surface area (Å²) in [7, 11) is -3.53. The fourth-order valence-electron chi connectivity index (χ4n) is 3.92. The van der Waals surface area contributed by atoms with Crippen molar-refractivity contribution in [1.82, 2.24) is 14.1 Å². The van der Waals surface area contributed by atoms with Gasteiger partial charge in [0.2, 0.25) is 15.9 Å². The van der Waals surface area contributed by atoms with E-state index in [0.717, 1.165) is 42.8 Å². The molecule has 1 fully saturated rings. The number of halogens is 1. The van der Waals surface area contributed by atoms with Crippen LogP contribution in [0, 0.1) is 5.82 Å².